The third-order valence-corrected chi connectivity index (χ3v) is 6.59. The van der Waals surface area contributed by atoms with E-state index in [2.05, 4.69) is 60.0 Å². The molecule has 0 bridgehead atoms. The molecule has 0 atom stereocenters. The number of hydrogen-bond donors (Lipinski definition) is 1. The van der Waals surface area contributed by atoms with Crippen molar-refractivity contribution in [1.29, 1.82) is 0 Å². The van der Waals surface area contributed by atoms with Crippen molar-refractivity contribution in [2.45, 2.75) is 52.5 Å². The summed E-state index contributed by atoms with van der Waals surface area (Å²) in [7, 11) is 4.10. The van der Waals surface area contributed by atoms with Crippen molar-refractivity contribution in [3.05, 3.63) is 52.8 Å². The molecule has 3 aromatic rings. The van der Waals surface area contributed by atoms with Gasteiger partial charge in [-0.15, -0.1) is 0 Å². The molecule has 5 heteroatoms. The molecule has 5 nitrogen and oxygen atoms in total. The van der Waals surface area contributed by atoms with Crippen LogP contribution >= 0.6 is 0 Å². The van der Waals surface area contributed by atoms with E-state index in [4.69, 9.17) is 0 Å². The Balaban J connectivity index is 1.73. The molecule has 1 N–H and O–H groups in total. The summed E-state index contributed by atoms with van der Waals surface area (Å²) in [5.41, 5.74) is 7.41. The minimum atomic E-state index is 0.115. The van der Waals surface area contributed by atoms with Crippen LogP contribution in [0.5, 0.6) is 0 Å². The van der Waals surface area contributed by atoms with Gasteiger partial charge in [0.2, 0.25) is 0 Å². The van der Waals surface area contributed by atoms with E-state index in [1.165, 1.54) is 5.56 Å². The molecule has 1 aromatic carbocycles. The van der Waals surface area contributed by atoms with Crippen molar-refractivity contribution < 1.29 is 4.79 Å². The molecule has 2 aromatic heterocycles. The fourth-order valence-corrected chi connectivity index (χ4v) is 4.90. The molecule has 1 aliphatic heterocycles. The van der Waals surface area contributed by atoms with Crippen molar-refractivity contribution in [2.75, 3.05) is 27.2 Å². The first-order valence-corrected chi connectivity index (χ1v) is 11.3. The van der Waals surface area contributed by atoms with Crippen LogP contribution in [0.25, 0.3) is 22.2 Å². The normalized spacial score (nSPS) is 15.7. The first-order valence-electron chi connectivity index (χ1n) is 11.3. The number of nitrogens with one attached hydrogen (secondary N) is 1. The number of carbonyl (C=O) groups excluding carboxylic acids is 1. The highest BCUT2D eigenvalue weighted by atomic mass is 16.2. The highest BCUT2D eigenvalue weighted by Crippen LogP contribution is 2.36. The number of carbonyl (C=O) groups is 1. The van der Waals surface area contributed by atoms with Gasteiger partial charge in [0.25, 0.3) is 5.91 Å². The van der Waals surface area contributed by atoms with Gasteiger partial charge in [-0.25, -0.2) is 0 Å². The molecule has 31 heavy (non-hydrogen) atoms. The summed E-state index contributed by atoms with van der Waals surface area (Å²) in [6.45, 7) is 10.6. The fourth-order valence-electron chi connectivity index (χ4n) is 4.90. The first kappa shape index (κ1) is 21.6. The number of piperidine rings is 1. The minimum Gasteiger partial charge on any atom is -0.354 e. The van der Waals surface area contributed by atoms with Gasteiger partial charge in [-0.3, -0.25) is 9.78 Å². The summed E-state index contributed by atoms with van der Waals surface area (Å²) in [6, 6.07) is 10.7. The molecular weight excluding hydrogens is 384 g/mol. The van der Waals surface area contributed by atoms with E-state index in [1.807, 2.05) is 31.9 Å². The van der Waals surface area contributed by atoms with Crippen LogP contribution in [0, 0.1) is 13.8 Å². The van der Waals surface area contributed by atoms with Crippen molar-refractivity contribution in [2.24, 2.45) is 0 Å². The third-order valence-electron chi connectivity index (χ3n) is 6.59. The number of hydrogen-bond acceptors (Lipinski definition) is 3. The Morgan fingerprint density at radius 2 is 1.77 bits per heavy atom. The van der Waals surface area contributed by atoms with Gasteiger partial charge in [-0.1, -0.05) is 13.8 Å². The molecule has 0 saturated carbocycles. The highest BCUT2D eigenvalue weighted by Gasteiger charge is 2.25. The number of nitrogens with zero attached hydrogens (tertiary/aromatic N) is 3. The standard InChI is InChI=1S/C26H34N4O/c1-16(2)24-22-15-19(26(31)30(6)21-9-11-29(5)12-10-21)7-8-23(22)28-25(24)20-13-17(3)27-18(4)14-20/h7-8,13-16,21,28H,9-12H2,1-6H3. The second-order valence-corrected chi connectivity index (χ2v) is 9.42. The van der Waals surface area contributed by atoms with E-state index in [9.17, 15) is 4.79 Å². The number of amides is 1. The number of likely N-dealkylation sites (tertiary alicyclic amines) is 1. The molecular formula is C26H34N4O. The zero-order chi connectivity index (χ0) is 22.3. The second kappa shape index (κ2) is 8.46. The SMILES string of the molecule is Cc1cc(-c2[nH]c3ccc(C(=O)N(C)C4CCN(C)CC4)cc3c2C(C)C)cc(C)n1. The average molecular weight is 419 g/mol. The van der Waals surface area contributed by atoms with Gasteiger partial charge in [0.05, 0.1) is 5.69 Å². The second-order valence-electron chi connectivity index (χ2n) is 9.42. The predicted molar refractivity (Wildman–Crippen MR) is 128 cm³/mol. The van der Waals surface area contributed by atoms with Crippen LogP contribution in [0.4, 0.5) is 0 Å². The Morgan fingerprint density at radius 1 is 1.13 bits per heavy atom. The zero-order valence-electron chi connectivity index (χ0n) is 19.6. The van der Waals surface area contributed by atoms with Gasteiger partial charge in [0.15, 0.2) is 0 Å². The molecule has 164 valence electrons. The average Bonchev–Trinajstić information content (AvgIpc) is 3.11. The van der Waals surface area contributed by atoms with Crippen LogP contribution < -0.4 is 0 Å². The Morgan fingerprint density at radius 3 is 2.39 bits per heavy atom. The Kier molecular flexibility index (Phi) is 5.89. The Bertz CT molecular complexity index is 1090. The third kappa shape index (κ3) is 4.24. The van der Waals surface area contributed by atoms with Crippen molar-refractivity contribution in [1.82, 2.24) is 19.8 Å². The molecule has 1 saturated heterocycles. The Labute approximate surface area is 185 Å². The number of aromatic amines is 1. The number of rotatable bonds is 4. The van der Waals surface area contributed by atoms with Gasteiger partial charge < -0.3 is 14.8 Å². The maximum atomic E-state index is 13.3. The summed E-state index contributed by atoms with van der Waals surface area (Å²) >= 11 is 0. The highest BCUT2D eigenvalue weighted by molar-refractivity contribution is 6.00. The van der Waals surface area contributed by atoms with Crippen molar-refractivity contribution >= 4 is 16.8 Å². The molecule has 3 heterocycles. The van der Waals surface area contributed by atoms with E-state index in [0.717, 1.165) is 65.0 Å². The van der Waals surface area contributed by atoms with Gasteiger partial charge in [0.1, 0.15) is 0 Å². The number of fused-ring (bicyclic) bond motifs is 1. The summed E-state index contributed by atoms with van der Waals surface area (Å²) in [6.07, 6.45) is 2.07. The lowest BCUT2D eigenvalue weighted by Crippen LogP contribution is -2.44. The molecule has 0 radical (unpaired) electrons. The van der Waals surface area contributed by atoms with E-state index < -0.39 is 0 Å². The largest absolute Gasteiger partial charge is 0.354 e. The number of pyridine rings is 1. The topological polar surface area (TPSA) is 52.2 Å². The quantitative estimate of drug-likeness (QED) is 0.638. The molecule has 0 unspecified atom stereocenters. The van der Waals surface area contributed by atoms with E-state index in [-0.39, 0.29) is 5.91 Å². The maximum Gasteiger partial charge on any atom is 0.253 e. The monoisotopic (exact) mass is 418 g/mol. The van der Waals surface area contributed by atoms with E-state index >= 15 is 0 Å². The summed E-state index contributed by atoms with van der Waals surface area (Å²) in [4.78, 5) is 25.7. The summed E-state index contributed by atoms with van der Waals surface area (Å²) in [5, 5.41) is 1.14. The number of aryl methyl sites for hydroxylation is 2. The van der Waals surface area contributed by atoms with Crippen molar-refractivity contribution in [3.63, 3.8) is 0 Å². The number of H-pyrrole nitrogens is 1. The van der Waals surface area contributed by atoms with Crippen LogP contribution in [-0.2, 0) is 0 Å². The molecule has 1 fully saturated rings. The molecule has 1 aliphatic rings. The van der Waals surface area contributed by atoms with E-state index in [1.54, 1.807) is 0 Å². The van der Waals surface area contributed by atoms with Crippen LogP contribution in [-0.4, -0.2) is 58.9 Å². The first-order chi connectivity index (χ1) is 14.7. The van der Waals surface area contributed by atoms with Gasteiger partial charge >= 0.3 is 0 Å². The number of aromatic nitrogens is 2. The van der Waals surface area contributed by atoms with Crippen LogP contribution in [0.3, 0.4) is 0 Å². The van der Waals surface area contributed by atoms with Gasteiger partial charge in [0, 0.05) is 46.5 Å². The van der Waals surface area contributed by atoms with Crippen molar-refractivity contribution in [3.8, 4) is 11.3 Å². The summed E-state index contributed by atoms with van der Waals surface area (Å²) in [5.74, 6) is 0.444. The lowest BCUT2D eigenvalue weighted by molar-refractivity contribution is 0.0660. The zero-order valence-corrected chi connectivity index (χ0v) is 19.6. The van der Waals surface area contributed by atoms with Gasteiger partial charge in [-0.05, 0) is 88.6 Å². The molecule has 4 rings (SSSR count). The molecule has 0 spiro atoms. The fraction of sp³-hybridized carbons (Fsp3) is 0.462. The maximum absolute atomic E-state index is 13.3. The lowest BCUT2D eigenvalue weighted by Gasteiger charge is -2.35. The summed E-state index contributed by atoms with van der Waals surface area (Å²) < 4.78 is 0. The van der Waals surface area contributed by atoms with Crippen LogP contribution in [0.15, 0.2) is 30.3 Å². The van der Waals surface area contributed by atoms with Crippen LogP contribution in [0.2, 0.25) is 0 Å². The predicted octanol–water partition coefficient (Wildman–Crippen LogP) is 5.14. The molecule has 0 aliphatic carbocycles. The minimum absolute atomic E-state index is 0.115. The number of benzene rings is 1. The Hall–Kier alpha value is -2.66. The van der Waals surface area contributed by atoms with Crippen LogP contribution in [0.1, 0.15) is 59.9 Å². The lowest BCUT2D eigenvalue weighted by atomic mass is 9.95. The van der Waals surface area contributed by atoms with E-state index in [0.29, 0.717) is 12.0 Å². The smallest absolute Gasteiger partial charge is 0.253 e. The van der Waals surface area contributed by atoms with Gasteiger partial charge in [-0.2, -0.15) is 0 Å². The molecule has 1 amide bonds.